The fourth-order valence-electron chi connectivity index (χ4n) is 2.18. The third-order valence-corrected chi connectivity index (χ3v) is 2.91. The quantitative estimate of drug-likeness (QED) is 0.715. The molecule has 0 atom stereocenters. The zero-order valence-electron chi connectivity index (χ0n) is 10.5. The van der Waals surface area contributed by atoms with Gasteiger partial charge in [-0.25, -0.2) is 0 Å². The van der Waals surface area contributed by atoms with Crippen LogP contribution in [0.1, 0.15) is 27.8 Å². The first-order valence-electron chi connectivity index (χ1n) is 5.96. The number of benzene rings is 2. The Kier molecular flexibility index (Phi) is 3.43. The van der Waals surface area contributed by atoms with Gasteiger partial charge in [0.1, 0.15) is 0 Å². The Bertz CT molecular complexity index is 498. The summed E-state index contributed by atoms with van der Waals surface area (Å²) in [6.07, 6.45) is 2.88. The van der Waals surface area contributed by atoms with Crippen LogP contribution < -0.4 is 0 Å². The van der Waals surface area contributed by atoms with E-state index in [1.54, 1.807) is 0 Å². The van der Waals surface area contributed by atoms with Crippen LogP contribution in [0.2, 0.25) is 0 Å². The van der Waals surface area contributed by atoms with E-state index in [1.165, 1.54) is 27.8 Å². The van der Waals surface area contributed by atoms with E-state index in [-0.39, 0.29) is 0 Å². The Morgan fingerprint density at radius 1 is 0.882 bits per heavy atom. The minimum atomic E-state index is 1.000. The molecule has 0 aliphatic heterocycles. The summed E-state index contributed by atoms with van der Waals surface area (Å²) in [7, 11) is 0. The van der Waals surface area contributed by atoms with Crippen LogP contribution in [0.15, 0.2) is 49.0 Å². The highest BCUT2D eigenvalue weighted by molar-refractivity contribution is 5.47. The lowest BCUT2D eigenvalue weighted by molar-refractivity contribution is 1.17. The second kappa shape index (κ2) is 5.01. The van der Waals surface area contributed by atoms with Crippen molar-refractivity contribution in [3.63, 3.8) is 0 Å². The molecule has 2 aromatic carbocycles. The summed E-state index contributed by atoms with van der Waals surface area (Å²) in [5.74, 6) is 0. The smallest absolute Gasteiger partial charge is 0.00256 e. The molecule has 0 fully saturated rings. The third-order valence-electron chi connectivity index (χ3n) is 2.91. The van der Waals surface area contributed by atoms with Gasteiger partial charge < -0.3 is 0 Å². The molecule has 0 nitrogen and oxygen atoms in total. The molecule has 0 heteroatoms. The van der Waals surface area contributed by atoms with Crippen molar-refractivity contribution in [2.24, 2.45) is 0 Å². The average molecular weight is 222 g/mol. The molecular weight excluding hydrogens is 204 g/mol. The summed E-state index contributed by atoms with van der Waals surface area (Å²) < 4.78 is 0. The van der Waals surface area contributed by atoms with Crippen molar-refractivity contribution in [2.45, 2.75) is 20.3 Å². The van der Waals surface area contributed by atoms with E-state index in [2.05, 4.69) is 62.9 Å². The summed E-state index contributed by atoms with van der Waals surface area (Å²) in [4.78, 5) is 0. The summed E-state index contributed by atoms with van der Waals surface area (Å²) in [5.41, 5.74) is 6.58. The maximum Gasteiger partial charge on any atom is -0.00256 e. The maximum atomic E-state index is 3.77. The molecule has 0 N–H and O–H groups in total. The van der Waals surface area contributed by atoms with Crippen LogP contribution >= 0.6 is 0 Å². The predicted octanol–water partition coefficient (Wildman–Crippen LogP) is 4.54. The van der Waals surface area contributed by atoms with Gasteiger partial charge in [0.15, 0.2) is 0 Å². The van der Waals surface area contributed by atoms with Crippen molar-refractivity contribution in [3.8, 4) is 0 Å². The Balaban J connectivity index is 2.21. The van der Waals surface area contributed by atoms with E-state index in [0.29, 0.717) is 0 Å². The van der Waals surface area contributed by atoms with E-state index in [0.717, 1.165) is 6.42 Å². The molecule has 2 rings (SSSR count). The van der Waals surface area contributed by atoms with E-state index >= 15 is 0 Å². The molecule has 0 radical (unpaired) electrons. The first-order chi connectivity index (χ1) is 8.17. The lowest BCUT2D eigenvalue weighted by atomic mass is 10.00. The average Bonchev–Trinajstić information content (AvgIpc) is 2.28. The van der Waals surface area contributed by atoms with Crippen LogP contribution in [0.25, 0.3) is 6.08 Å². The Morgan fingerprint density at radius 3 is 2.00 bits per heavy atom. The maximum absolute atomic E-state index is 3.77. The van der Waals surface area contributed by atoms with Crippen LogP contribution in [-0.4, -0.2) is 0 Å². The van der Waals surface area contributed by atoms with Crippen LogP contribution in [0, 0.1) is 13.8 Å². The molecule has 0 unspecified atom stereocenters. The molecule has 0 saturated heterocycles. The normalized spacial score (nSPS) is 10.2. The van der Waals surface area contributed by atoms with Crippen LogP contribution in [0.3, 0.4) is 0 Å². The van der Waals surface area contributed by atoms with E-state index in [4.69, 9.17) is 0 Å². The first kappa shape index (κ1) is 11.7. The monoisotopic (exact) mass is 222 g/mol. The van der Waals surface area contributed by atoms with Crippen molar-refractivity contribution in [1.29, 1.82) is 0 Å². The van der Waals surface area contributed by atoms with Gasteiger partial charge in [-0.15, -0.1) is 0 Å². The minimum Gasteiger partial charge on any atom is -0.0985 e. The van der Waals surface area contributed by atoms with Crippen molar-refractivity contribution >= 4 is 6.08 Å². The van der Waals surface area contributed by atoms with E-state index in [1.807, 2.05) is 6.08 Å². The molecule has 17 heavy (non-hydrogen) atoms. The topological polar surface area (TPSA) is 0 Å². The molecule has 0 heterocycles. The molecule has 0 aliphatic carbocycles. The van der Waals surface area contributed by atoms with Crippen molar-refractivity contribution < 1.29 is 0 Å². The molecule has 0 amide bonds. The highest BCUT2D eigenvalue weighted by Gasteiger charge is 1.98. The molecule has 0 spiro atoms. The largest absolute Gasteiger partial charge is 0.0985 e. The van der Waals surface area contributed by atoms with E-state index < -0.39 is 0 Å². The molecule has 86 valence electrons. The second-order valence-corrected chi connectivity index (χ2v) is 4.62. The molecule has 0 aromatic heterocycles. The van der Waals surface area contributed by atoms with Gasteiger partial charge in [-0.1, -0.05) is 66.2 Å². The Labute approximate surface area is 104 Å². The molecule has 0 saturated carbocycles. The summed E-state index contributed by atoms with van der Waals surface area (Å²) in [6, 6.07) is 15.3. The van der Waals surface area contributed by atoms with Gasteiger partial charge >= 0.3 is 0 Å². The zero-order valence-corrected chi connectivity index (χ0v) is 10.5. The number of hydrogen-bond acceptors (Lipinski definition) is 0. The molecule has 0 aliphatic rings. The van der Waals surface area contributed by atoms with Crippen molar-refractivity contribution in [3.05, 3.63) is 76.9 Å². The van der Waals surface area contributed by atoms with Gasteiger partial charge in [0.25, 0.3) is 0 Å². The lowest BCUT2D eigenvalue weighted by Crippen LogP contribution is -1.90. The molecule has 0 bridgehead atoms. The fraction of sp³-hybridized carbons (Fsp3) is 0.176. The number of hydrogen-bond donors (Lipinski definition) is 0. The predicted molar refractivity (Wildman–Crippen MR) is 75.3 cm³/mol. The van der Waals surface area contributed by atoms with Gasteiger partial charge in [0, 0.05) is 0 Å². The van der Waals surface area contributed by atoms with E-state index in [9.17, 15) is 0 Å². The third kappa shape index (κ3) is 3.07. The van der Waals surface area contributed by atoms with Gasteiger partial charge in [0.2, 0.25) is 0 Å². The van der Waals surface area contributed by atoms with Gasteiger partial charge in [-0.05, 0) is 37.0 Å². The van der Waals surface area contributed by atoms with Gasteiger partial charge in [-0.2, -0.15) is 0 Å². The van der Waals surface area contributed by atoms with Crippen molar-refractivity contribution in [2.75, 3.05) is 0 Å². The second-order valence-electron chi connectivity index (χ2n) is 4.62. The minimum absolute atomic E-state index is 1.000. The highest BCUT2D eigenvalue weighted by atomic mass is 14.0. The molecular formula is C17H18. The Hall–Kier alpha value is -1.82. The SMILES string of the molecule is C=Cc1ccc(Cc2cc(C)cc(C)c2)cc1. The van der Waals surface area contributed by atoms with Crippen LogP contribution in [-0.2, 0) is 6.42 Å². The zero-order chi connectivity index (χ0) is 12.3. The highest BCUT2D eigenvalue weighted by Crippen LogP contribution is 2.14. The lowest BCUT2D eigenvalue weighted by Gasteiger charge is -2.05. The summed E-state index contributed by atoms with van der Waals surface area (Å²) >= 11 is 0. The number of rotatable bonds is 3. The van der Waals surface area contributed by atoms with Gasteiger partial charge in [0.05, 0.1) is 0 Å². The van der Waals surface area contributed by atoms with Crippen LogP contribution in [0.4, 0.5) is 0 Å². The molecule has 2 aromatic rings. The van der Waals surface area contributed by atoms with Crippen LogP contribution in [0.5, 0.6) is 0 Å². The summed E-state index contributed by atoms with van der Waals surface area (Å²) in [6.45, 7) is 8.07. The van der Waals surface area contributed by atoms with Crippen molar-refractivity contribution in [1.82, 2.24) is 0 Å². The Morgan fingerprint density at radius 2 is 1.47 bits per heavy atom. The number of aryl methyl sites for hydroxylation is 2. The first-order valence-corrected chi connectivity index (χ1v) is 5.96. The van der Waals surface area contributed by atoms with Gasteiger partial charge in [-0.3, -0.25) is 0 Å². The summed E-state index contributed by atoms with van der Waals surface area (Å²) in [5, 5.41) is 0. The standard InChI is InChI=1S/C17H18/c1-4-15-5-7-16(8-6-15)12-17-10-13(2)9-14(3)11-17/h4-11H,1,12H2,2-3H3. The fourth-order valence-corrected chi connectivity index (χ4v) is 2.18.